The van der Waals surface area contributed by atoms with E-state index in [1.807, 2.05) is 4.90 Å². The van der Waals surface area contributed by atoms with E-state index >= 15 is 0 Å². The number of alkyl halides is 2. The van der Waals surface area contributed by atoms with Crippen molar-refractivity contribution in [2.24, 2.45) is 0 Å². The first-order chi connectivity index (χ1) is 9.08. The van der Waals surface area contributed by atoms with Gasteiger partial charge in [-0.05, 0) is 6.07 Å². The summed E-state index contributed by atoms with van der Waals surface area (Å²) in [6.07, 6.45) is -2.89. The number of nitrogens with zero attached hydrogens (tertiary/aromatic N) is 1. The van der Waals surface area contributed by atoms with E-state index in [-0.39, 0.29) is 11.3 Å². The summed E-state index contributed by atoms with van der Waals surface area (Å²) >= 11 is 0. The SMILES string of the molecule is Oc1ccc([C@@H](CC(F)F)N2CCNCC2)c(F)c1. The summed E-state index contributed by atoms with van der Waals surface area (Å²) < 4.78 is 39.3. The highest BCUT2D eigenvalue weighted by Gasteiger charge is 2.27. The van der Waals surface area contributed by atoms with Gasteiger partial charge >= 0.3 is 0 Å². The van der Waals surface area contributed by atoms with E-state index in [0.717, 1.165) is 6.07 Å². The highest BCUT2D eigenvalue weighted by molar-refractivity contribution is 5.30. The Hall–Kier alpha value is -1.27. The van der Waals surface area contributed by atoms with Gasteiger partial charge in [0.2, 0.25) is 6.43 Å². The van der Waals surface area contributed by atoms with Gasteiger partial charge < -0.3 is 10.4 Å². The van der Waals surface area contributed by atoms with Crippen LogP contribution in [0.25, 0.3) is 0 Å². The molecule has 106 valence electrons. The second kappa shape index (κ2) is 6.25. The molecule has 3 nitrogen and oxygen atoms in total. The zero-order valence-corrected chi connectivity index (χ0v) is 10.5. The van der Waals surface area contributed by atoms with Gasteiger partial charge in [-0.1, -0.05) is 6.07 Å². The molecular weight excluding hydrogens is 257 g/mol. The van der Waals surface area contributed by atoms with Crippen molar-refractivity contribution >= 4 is 0 Å². The molecule has 0 spiro atoms. The molecule has 1 saturated heterocycles. The summed E-state index contributed by atoms with van der Waals surface area (Å²) in [7, 11) is 0. The van der Waals surface area contributed by atoms with Crippen molar-refractivity contribution in [1.82, 2.24) is 10.2 Å². The lowest BCUT2D eigenvalue weighted by atomic mass is 10.0. The summed E-state index contributed by atoms with van der Waals surface area (Å²) in [5, 5.41) is 12.3. The number of hydrogen-bond donors (Lipinski definition) is 2. The van der Waals surface area contributed by atoms with Gasteiger partial charge in [0.1, 0.15) is 11.6 Å². The Labute approximate surface area is 110 Å². The summed E-state index contributed by atoms with van der Waals surface area (Å²) in [6, 6.07) is 3.04. The Morgan fingerprint density at radius 1 is 1.26 bits per heavy atom. The maximum absolute atomic E-state index is 13.9. The van der Waals surface area contributed by atoms with E-state index in [1.54, 1.807) is 0 Å². The number of benzene rings is 1. The monoisotopic (exact) mass is 274 g/mol. The molecule has 6 heteroatoms. The molecule has 1 atom stereocenters. The minimum absolute atomic E-state index is 0.197. The van der Waals surface area contributed by atoms with Crippen molar-refractivity contribution in [3.63, 3.8) is 0 Å². The van der Waals surface area contributed by atoms with Crippen LogP contribution in [0.15, 0.2) is 18.2 Å². The normalized spacial score (nSPS) is 18.7. The van der Waals surface area contributed by atoms with Crippen LogP contribution in [0.3, 0.4) is 0 Å². The number of aromatic hydroxyl groups is 1. The van der Waals surface area contributed by atoms with Gasteiger partial charge in [0.05, 0.1) is 0 Å². The van der Waals surface area contributed by atoms with Gasteiger partial charge in [0.25, 0.3) is 0 Å². The van der Waals surface area contributed by atoms with E-state index in [1.165, 1.54) is 12.1 Å². The zero-order valence-electron chi connectivity index (χ0n) is 10.5. The molecule has 1 heterocycles. The van der Waals surface area contributed by atoms with Crippen LogP contribution in [0.4, 0.5) is 13.2 Å². The molecule has 1 aromatic carbocycles. The van der Waals surface area contributed by atoms with Crippen molar-refractivity contribution < 1.29 is 18.3 Å². The van der Waals surface area contributed by atoms with Crippen LogP contribution in [0, 0.1) is 5.82 Å². The van der Waals surface area contributed by atoms with Crippen LogP contribution >= 0.6 is 0 Å². The maximum atomic E-state index is 13.9. The predicted octanol–water partition coefficient (Wildman–Crippen LogP) is 2.13. The highest BCUT2D eigenvalue weighted by atomic mass is 19.3. The Kier molecular flexibility index (Phi) is 4.66. The molecule has 19 heavy (non-hydrogen) atoms. The molecule has 0 aliphatic carbocycles. The van der Waals surface area contributed by atoms with Gasteiger partial charge in [-0.15, -0.1) is 0 Å². The number of phenols is 1. The Balaban J connectivity index is 2.25. The number of phenolic OH excluding ortho intramolecular Hbond substituents is 1. The third-order valence-corrected chi connectivity index (χ3v) is 3.34. The molecule has 0 aromatic heterocycles. The lowest BCUT2D eigenvalue weighted by Gasteiger charge is -2.35. The summed E-state index contributed by atoms with van der Waals surface area (Å²) in [4.78, 5) is 1.86. The average molecular weight is 274 g/mol. The quantitative estimate of drug-likeness (QED) is 0.883. The number of hydrogen-bond acceptors (Lipinski definition) is 3. The predicted molar refractivity (Wildman–Crippen MR) is 65.9 cm³/mol. The van der Waals surface area contributed by atoms with Crippen LogP contribution < -0.4 is 5.32 Å². The molecule has 0 bridgehead atoms. The first kappa shape index (κ1) is 14.1. The minimum Gasteiger partial charge on any atom is -0.508 e. The number of rotatable bonds is 4. The molecule has 1 aliphatic heterocycles. The Morgan fingerprint density at radius 3 is 2.53 bits per heavy atom. The lowest BCUT2D eigenvalue weighted by Crippen LogP contribution is -2.45. The third-order valence-electron chi connectivity index (χ3n) is 3.34. The fraction of sp³-hybridized carbons (Fsp3) is 0.538. The van der Waals surface area contributed by atoms with Gasteiger partial charge in [0, 0.05) is 50.3 Å². The van der Waals surface area contributed by atoms with Crippen molar-refractivity contribution in [3.05, 3.63) is 29.6 Å². The van der Waals surface area contributed by atoms with Gasteiger partial charge in [0.15, 0.2) is 0 Å². The van der Waals surface area contributed by atoms with Crippen molar-refractivity contribution in [1.29, 1.82) is 0 Å². The van der Waals surface area contributed by atoms with Crippen LogP contribution in [-0.2, 0) is 0 Å². The smallest absolute Gasteiger partial charge is 0.240 e. The van der Waals surface area contributed by atoms with Gasteiger partial charge in [-0.3, -0.25) is 4.90 Å². The third kappa shape index (κ3) is 3.61. The van der Waals surface area contributed by atoms with Crippen LogP contribution in [0.5, 0.6) is 5.75 Å². The summed E-state index contributed by atoms with van der Waals surface area (Å²) in [6.45, 7) is 2.63. The van der Waals surface area contributed by atoms with E-state index < -0.39 is 24.7 Å². The molecule has 2 rings (SSSR count). The topological polar surface area (TPSA) is 35.5 Å². The van der Waals surface area contributed by atoms with E-state index in [4.69, 9.17) is 0 Å². The molecule has 1 fully saturated rings. The fourth-order valence-electron chi connectivity index (χ4n) is 2.42. The summed E-state index contributed by atoms with van der Waals surface area (Å²) in [5.41, 5.74) is 0.222. The molecule has 0 saturated carbocycles. The molecular formula is C13H17F3N2O. The first-order valence-corrected chi connectivity index (χ1v) is 6.29. The van der Waals surface area contributed by atoms with Crippen LogP contribution in [-0.4, -0.2) is 42.6 Å². The molecule has 0 amide bonds. The molecule has 0 radical (unpaired) electrons. The van der Waals surface area contributed by atoms with Gasteiger partial charge in [-0.2, -0.15) is 0 Å². The first-order valence-electron chi connectivity index (χ1n) is 6.29. The highest BCUT2D eigenvalue weighted by Crippen LogP contribution is 2.30. The fourth-order valence-corrected chi connectivity index (χ4v) is 2.42. The standard InChI is InChI=1S/C13H17F3N2O/c14-11-7-9(19)1-2-10(11)12(8-13(15)16)18-5-3-17-4-6-18/h1-2,7,12-13,17,19H,3-6,8H2/t12-/m1/s1. The van der Waals surface area contributed by atoms with Crippen LogP contribution in [0.2, 0.25) is 0 Å². The number of piperazine rings is 1. The van der Waals surface area contributed by atoms with E-state index in [2.05, 4.69) is 5.32 Å². The largest absolute Gasteiger partial charge is 0.508 e. The van der Waals surface area contributed by atoms with E-state index in [9.17, 15) is 18.3 Å². The minimum atomic E-state index is -2.49. The number of halogens is 3. The van der Waals surface area contributed by atoms with Crippen molar-refractivity contribution in [3.8, 4) is 5.75 Å². The van der Waals surface area contributed by atoms with Crippen LogP contribution in [0.1, 0.15) is 18.0 Å². The number of nitrogens with one attached hydrogen (secondary N) is 1. The Morgan fingerprint density at radius 2 is 1.95 bits per heavy atom. The lowest BCUT2D eigenvalue weighted by molar-refractivity contribution is 0.0725. The maximum Gasteiger partial charge on any atom is 0.240 e. The van der Waals surface area contributed by atoms with E-state index in [0.29, 0.717) is 26.2 Å². The second-order valence-corrected chi connectivity index (χ2v) is 4.63. The van der Waals surface area contributed by atoms with Gasteiger partial charge in [-0.25, -0.2) is 13.2 Å². The average Bonchev–Trinajstić information content (AvgIpc) is 2.37. The molecule has 0 unspecified atom stereocenters. The van der Waals surface area contributed by atoms with Crippen molar-refractivity contribution in [2.75, 3.05) is 26.2 Å². The summed E-state index contributed by atoms with van der Waals surface area (Å²) in [5.74, 6) is -0.832. The zero-order chi connectivity index (χ0) is 13.8. The molecule has 1 aliphatic rings. The molecule has 2 N–H and O–H groups in total. The Bertz CT molecular complexity index is 422. The second-order valence-electron chi connectivity index (χ2n) is 4.63. The van der Waals surface area contributed by atoms with Crippen molar-refractivity contribution in [2.45, 2.75) is 18.9 Å². The molecule has 1 aromatic rings.